The zero-order valence-corrected chi connectivity index (χ0v) is 12.7. The molecule has 5 nitrogen and oxygen atoms in total. The van der Waals surface area contributed by atoms with E-state index >= 15 is 0 Å². The summed E-state index contributed by atoms with van der Waals surface area (Å²) in [6, 6.07) is 2.06. The number of hydrogen-bond acceptors (Lipinski definition) is 4. The highest BCUT2D eigenvalue weighted by Crippen LogP contribution is 2.30. The Balaban J connectivity index is 1.91. The summed E-state index contributed by atoms with van der Waals surface area (Å²) >= 11 is 0. The number of rotatable bonds is 4. The number of nitrogens with zero attached hydrogens (tertiary/aromatic N) is 3. The third kappa shape index (κ3) is 2.82. The van der Waals surface area contributed by atoms with Crippen molar-refractivity contribution in [3.63, 3.8) is 0 Å². The van der Waals surface area contributed by atoms with Gasteiger partial charge in [-0.05, 0) is 49.7 Å². The average Bonchev–Trinajstić information content (AvgIpc) is 3.15. The number of anilines is 1. The van der Waals surface area contributed by atoms with Gasteiger partial charge < -0.3 is 15.8 Å². The number of nitrogens with two attached hydrogens (primary N) is 1. The molecule has 0 unspecified atom stereocenters. The Morgan fingerprint density at radius 2 is 2.14 bits per heavy atom. The summed E-state index contributed by atoms with van der Waals surface area (Å²) < 4.78 is 0. The highest BCUT2D eigenvalue weighted by atomic mass is 16.4. The summed E-state index contributed by atoms with van der Waals surface area (Å²) in [5.41, 5.74) is 9.05. The number of amidine groups is 1. The Morgan fingerprint density at radius 3 is 2.86 bits per heavy atom. The molecule has 0 spiro atoms. The molecule has 1 fully saturated rings. The van der Waals surface area contributed by atoms with Crippen LogP contribution >= 0.6 is 0 Å². The van der Waals surface area contributed by atoms with Crippen LogP contribution in [0.2, 0.25) is 0 Å². The molecule has 3 rings (SSSR count). The van der Waals surface area contributed by atoms with Gasteiger partial charge in [-0.2, -0.15) is 0 Å². The number of pyridine rings is 1. The van der Waals surface area contributed by atoms with Crippen molar-refractivity contribution in [2.75, 3.05) is 18.5 Å². The van der Waals surface area contributed by atoms with E-state index in [0.29, 0.717) is 0 Å². The molecule has 1 heterocycles. The molecule has 0 radical (unpaired) electrons. The van der Waals surface area contributed by atoms with Crippen molar-refractivity contribution < 1.29 is 5.21 Å². The SMILES string of the molecule is CN(CC1CCCC1)c1nc2c(cc1C(N)=NO)CCC2. The molecule has 0 saturated heterocycles. The molecule has 0 bridgehead atoms. The van der Waals surface area contributed by atoms with Gasteiger partial charge in [0.05, 0.1) is 5.56 Å². The van der Waals surface area contributed by atoms with E-state index in [-0.39, 0.29) is 5.84 Å². The van der Waals surface area contributed by atoms with E-state index < -0.39 is 0 Å². The molecule has 5 heteroatoms. The number of oxime groups is 1. The van der Waals surface area contributed by atoms with Gasteiger partial charge in [0.1, 0.15) is 5.82 Å². The minimum absolute atomic E-state index is 0.158. The average molecular weight is 288 g/mol. The lowest BCUT2D eigenvalue weighted by Gasteiger charge is -2.25. The second-order valence-corrected chi connectivity index (χ2v) is 6.34. The lowest BCUT2D eigenvalue weighted by atomic mass is 10.1. The molecule has 2 aliphatic rings. The maximum absolute atomic E-state index is 9.04. The summed E-state index contributed by atoms with van der Waals surface area (Å²) in [6.07, 6.45) is 8.50. The predicted octanol–water partition coefficient (Wildman–Crippen LogP) is 2.29. The quantitative estimate of drug-likeness (QED) is 0.386. The normalized spacial score (nSPS) is 19.0. The summed E-state index contributed by atoms with van der Waals surface area (Å²) in [5, 5.41) is 12.2. The van der Waals surface area contributed by atoms with Crippen LogP contribution in [0, 0.1) is 5.92 Å². The van der Waals surface area contributed by atoms with Gasteiger partial charge in [-0.3, -0.25) is 0 Å². The molecule has 21 heavy (non-hydrogen) atoms. The summed E-state index contributed by atoms with van der Waals surface area (Å²) in [7, 11) is 2.07. The molecular weight excluding hydrogens is 264 g/mol. The molecule has 114 valence electrons. The smallest absolute Gasteiger partial charge is 0.173 e. The summed E-state index contributed by atoms with van der Waals surface area (Å²) in [5.74, 6) is 1.76. The van der Waals surface area contributed by atoms with Crippen molar-refractivity contribution in [3.05, 3.63) is 22.9 Å². The molecule has 1 saturated carbocycles. The first-order valence-electron chi connectivity index (χ1n) is 7.91. The molecular formula is C16H24N4O. The molecule has 1 aromatic heterocycles. The Labute approximate surface area is 125 Å². The molecule has 3 N–H and O–H groups in total. The van der Waals surface area contributed by atoms with Crippen molar-refractivity contribution in [2.24, 2.45) is 16.8 Å². The van der Waals surface area contributed by atoms with Crippen LogP contribution in [0.15, 0.2) is 11.2 Å². The fraction of sp³-hybridized carbons (Fsp3) is 0.625. The molecule has 0 aromatic carbocycles. The minimum atomic E-state index is 0.158. The fourth-order valence-electron chi connectivity index (χ4n) is 3.66. The van der Waals surface area contributed by atoms with E-state index in [1.54, 1.807) is 0 Å². The van der Waals surface area contributed by atoms with E-state index in [2.05, 4.69) is 23.2 Å². The predicted molar refractivity (Wildman–Crippen MR) is 84.0 cm³/mol. The van der Waals surface area contributed by atoms with Gasteiger partial charge >= 0.3 is 0 Å². The first-order chi connectivity index (χ1) is 10.2. The molecule has 2 aliphatic carbocycles. The van der Waals surface area contributed by atoms with E-state index in [4.69, 9.17) is 15.9 Å². The van der Waals surface area contributed by atoms with E-state index in [0.717, 1.165) is 43.1 Å². The first kappa shape index (κ1) is 14.2. The van der Waals surface area contributed by atoms with Gasteiger partial charge in [0, 0.05) is 19.3 Å². The van der Waals surface area contributed by atoms with E-state index in [1.165, 1.54) is 36.9 Å². The van der Waals surface area contributed by atoms with Gasteiger partial charge in [-0.25, -0.2) is 4.98 Å². The lowest BCUT2D eigenvalue weighted by molar-refractivity contribution is 0.318. The number of hydrogen-bond donors (Lipinski definition) is 2. The third-order valence-corrected chi connectivity index (χ3v) is 4.78. The number of aromatic nitrogens is 1. The van der Waals surface area contributed by atoms with E-state index in [1.807, 2.05) is 0 Å². The summed E-state index contributed by atoms with van der Waals surface area (Å²) in [6.45, 7) is 0.998. The molecule has 0 aliphatic heterocycles. The number of fused-ring (bicyclic) bond motifs is 1. The standard InChI is InChI=1S/C16H24N4O/c1-20(10-11-5-2-3-6-11)16-13(15(17)19-21)9-12-7-4-8-14(12)18-16/h9,11,21H,2-8,10H2,1H3,(H2,17,19). The van der Waals surface area contributed by atoms with Crippen molar-refractivity contribution in [2.45, 2.75) is 44.9 Å². The maximum atomic E-state index is 9.04. The van der Waals surface area contributed by atoms with Gasteiger partial charge in [-0.1, -0.05) is 18.0 Å². The lowest BCUT2D eigenvalue weighted by Crippen LogP contribution is -2.28. The highest BCUT2D eigenvalue weighted by molar-refractivity contribution is 6.01. The Kier molecular flexibility index (Phi) is 3.99. The van der Waals surface area contributed by atoms with Crippen LogP contribution in [0.1, 0.15) is 48.9 Å². The fourth-order valence-corrected chi connectivity index (χ4v) is 3.66. The maximum Gasteiger partial charge on any atom is 0.173 e. The van der Waals surface area contributed by atoms with Crippen LogP contribution < -0.4 is 10.6 Å². The number of aryl methyl sites for hydroxylation is 2. The van der Waals surface area contributed by atoms with Gasteiger partial charge in [0.15, 0.2) is 5.84 Å². The van der Waals surface area contributed by atoms with Crippen LogP contribution in [0.3, 0.4) is 0 Å². The molecule has 0 atom stereocenters. The summed E-state index contributed by atoms with van der Waals surface area (Å²) in [4.78, 5) is 7.00. The second kappa shape index (κ2) is 5.92. The van der Waals surface area contributed by atoms with E-state index in [9.17, 15) is 0 Å². The van der Waals surface area contributed by atoms with Gasteiger partial charge in [-0.15, -0.1) is 0 Å². The van der Waals surface area contributed by atoms with Crippen molar-refractivity contribution in [1.29, 1.82) is 0 Å². The van der Waals surface area contributed by atoms with Crippen molar-refractivity contribution in [3.8, 4) is 0 Å². The van der Waals surface area contributed by atoms with Crippen LogP contribution in [0.5, 0.6) is 0 Å². The van der Waals surface area contributed by atoms with Crippen molar-refractivity contribution in [1.82, 2.24) is 4.98 Å². The first-order valence-corrected chi connectivity index (χ1v) is 7.91. The topological polar surface area (TPSA) is 74.7 Å². The van der Waals surface area contributed by atoms with Gasteiger partial charge in [0.2, 0.25) is 0 Å². The highest BCUT2D eigenvalue weighted by Gasteiger charge is 2.23. The third-order valence-electron chi connectivity index (χ3n) is 4.78. The van der Waals surface area contributed by atoms with Crippen molar-refractivity contribution >= 4 is 11.7 Å². The molecule has 1 aromatic rings. The Hall–Kier alpha value is -1.78. The van der Waals surface area contributed by atoms with Crippen LogP contribution in [-0.2, 0) is 12.8 Å². The largest absolute Gasteiger partial charge is 0.409 e. The van der Waals surface area contributed by atoms with Crippen LogP contribution in [-0.4, -0.2) is 29.6 Å². The monoisotopic (exact) mass is 288 g/mol. The Bertz CT molecular complexity index is 549. The zero-order chi connectivity index (χ0) is 14.8. The second-order valence-electron chi connectivity index (χ2n) is 6.34. The van der Waals surface area contributed by atoms with Gasteiger partial charge in [0.25, 0.3) is 0 Å². The van der Waals surface area contributed by atoms with Crippen LogP contribution in [0.4, 0.5) is 5.82 Å². The Morgan fingerprint density at radius 1 is 1.38 bits per heavy atom. The van der Waals surface area contributed by atoms with Crippen LogP contribution in [0.25, 0.3) is 0 Å². The zero-order valence-electron chi connectivity index (χ0n) is 12.7. The minimum Gasteiger partial charge on any atom is -0.409 e. The molecule has 0 amide bonds.